The number of aromatic nitrogens is 4. The number of carbonyl (C=O) groups excluding carboxylic acids is 1. The minimum atomic E-state index is -0.515. The summed E-state index contributed by atoms with van der Waals surface area (Å²) in [5.41, 5.74) is 3.34. The Hall–Kier alpha value is -4.30. The van der Waals surface area contributed by atoms with E-state index in [1.165, 1.54) is 6.08 Å². The summed E-state index contributed by atoms with van der Waals surface area (Å²) in [5, 5.41) is 14.6. The lowest BCUT2D eigenvalue weighted by molar-refractivity contribution is -0.139. The van der Waals surface area contributed by atoms with Crippen molar-refractivity contribution in [2.45, 2.75) is 6.61 Å². The number of nitrogens with zero attached hydrogens (tertiary/aromatic N) is 4. The van der Waals surface area contributed by atoms with Crippen LogP contribution in [0.2, 0.25) is 0 Å². The lowest BCUT2D eigenvalue weighted by Crippen LogP contribution is -2.00. The number of hydrogen-bond acceptors (Lipinski definition) is 7. The number of benzene rings is 2. The first kappa shape index (κ1) is 20.6. The molecule has 0 radical (unpaired) electrons. The number of esters is 1. The number of hydrogen-bond donors (Lipinski definition) is 0. The summed E-state index contributed by atoms with van der Waals surface area (Å²) in [7, 11) is 0. The van der Waals surface area contributed by atoms with Gasteiger partial charge in [-0.25, -0.2) is 9.48 Å². The number of ether oxygens (including phenoxy) is 1. The van der Waals surface area contributed by atoms with E-state index in [1.54, 1.807) is 22.1 Å². The summed E-state index contributed by atoms with van der Waals surface area (Å²) in [4.78, 5) is 13.3. The van der Waals surface area contributed by atoms with Crippen molar-refractivity contribution >= 4 is 23.4 Å². The van der Waals surface area contributed by atoms with Crippen LogP contribution in [0.15, 0.2) is 94.9 Å². The second-order valence-corrected chi connectivity index (χ2v) is 7.95. The number of carbonyl (C=O) groups is 1. The molecular formula is C25H18N4O3S. The van der Waals surface area contributed by atoms with E-state index in [2.05, 4.69) is 10.2 Å². The van der Waals surface area contributed by atoms with Gasteiger partial charge in [-0.2, -0.15) is 5.10 Å². The first-order chi connectivity index (χ1) is 16.3. The monoisotopic (exact) mass is 454 g/mol. The Morgan fingerprint density at radius 2 is 1.79 bits per heavy atom. The first-order valence-corrected chi connectivity index (χ1v) is 11.1. The van der Waals surface area contributed by atoms with Crippen LogP contribution in [0.3, 0.4) is 0 Å². The topological polar surface area (TPSA) is 83.0 Å². The Kier molecular flexibility index (Phi) is 5.90. The summed E-state index contributed by atoms with van der Waals surface area (Å²) in [5.74, 6) is 0.0944. The van der Waals surface area contributed by atoms with E-state index in [1.807, 2.05) is 84.4 Å². The van der Waals surface area contributed by atoms with Crippen molar-refractivity contribution in [1.29, 1.82) is 0 Å². The van der Waals surface area contributed by atoms with Gasteiger partial charge in [0.15, 0.2) is 6.61 Å². The highest BCUT2D eigenvalue weighted by molar-refractivity contribution is 7.13. The molecule has 33 heavy (non-hydrogen) atoms. The second-order valence-electron chi connectivity index (χ2n) is 7.00. The molecular weight excluding hydrogens is 436 g/mol. The van der Waals surface area contributed by atoms with E-state index in [0.29, 0.717) is 5.89 Å². The van der Waals surface area contributed by atoms with E-state index in [4.69, 9.17) is 14.3 Å². The fraction of sp³-hybridized carbons (Fsp3) is 0.0400. The average molecular weight is 455 g/mol. The summed E-state index contributed by atoms with van der Waals surface area (Å²) in [6.45, 7) is -0.107. The Morgan fingerprint density at radius 3 is 2.55 bits per heavy atom. The van der Waals surface area contributed by atoms with Gasteiger partial charge in [-0.1, -0.05) is 42.5 Å². The van der Waals surface area contributed by atoms with Gasteiger partial charge in [-0.05, 0) is 41.8 Å². The zero-order valence-electron chi connectivity index (χ0n) is 17.4. The van der Waals surface area contributed by atoms with E-state index >= 15 is 0 Å². The predicted molar refractivity (Wildman–Crippen MR) is 125 cm³/mol. The molecule has 0 bridgehead atoms. The van der Waals surface area contributed by atoms with Crippen LogP contribution in [-0.2, 0) is 16.1 Å². The van der Waals surface area contributed by atoms with E-state index in [9.17, 15) is 4.79 Å². The average Bonchev–Trinajstić information content (AvgIpc) is 3.63. The van der Waals surface area contributed by atoms with Crippen LogP contribution in [0, 0.1) is 0 Å². The largest absolute Gasteiger partial charge is 0.452 e. The molecule has 3 aromatic heterocycles. The van der Waals surface area contributed by atoms with E-state index < -0.39 is 5.97 Å². The van der Waals surface area contributed by atoms with Crippen molar-refractivity contribution in [3.05, 3.63) is 102 Å². The molecule has 0 saturated carbocycles. The standard InChI is InChI=1S/C25H18N4O3S/c30-23(31-17-22-26-27-25(32-22)18-8-3-1-4-9-18)14-13-19-16-29(20-10-5-2-6-11-20)28-24(19)21-12-7-15-33-21/h1-16H,17H2/b14-13+. The van der Waals surface area contributed by atoms with Gasteiger partial charge in [0.2, 0.25) is 5.89 Å². The minimum absolute atomic E-state index is 0.107. The molecule has 0 amide bonds. The highest BCUT2D eigenvalue weighted by Gasteiger charge is 2.13. The Morgan fingerprint density at radius 1 is 1.00 bits per heavy atom. The molecule has 5 aromatic rings. The number of thiophene rings is 1. The molecule has 0 unspecified atom stereocenters. The summed E-state index contributed by atoms with van der Waals surface area (Å²) >= 11 is 1.59. The predicted octanol–water partition coefficient (Wildman–Crippen LogP) is 5.41. The third-order valence-electron chi connectivity index (χ3n) is 4.74. The van der Waals surface area contributed by atoms with Crippen LogP contribution in [0.5, 0.6) is 0 Å². The van der Waals surface area contributed by atoms with Gasteiger partial charge in [0.1, 0.15) is 5.69 Å². The second kappa shape index (κ2) is 9.46. The lowest BCUT2D eigenvalue weighted by atomic mass is 10.2. The third-order valence-corrected chi connectivity index (χ3v) is 5.62. The molecule has 5 rings (SSSR count). The zero-order valence-corrected chi connectivity index (χ0v) is 18.2. The smallest absolute Gasteiger partial charge is 0.331 e. The zero-order chi connectivity index (χ0) is 22.5. The van der Waals surface area contributed by atoms with E-state index in [0.717, 1.165) is 27.4 Å². The molecule has 162 valence electrons. The molecule has 2 aromatic carbocycles. The van der Waals surface area contributed by atoms with Crippen LogP contribution in [-0.4, -0.2) is 25.9 Å². The van der Waals surface area contributed by atoms with E-state index in [-0.39, 0.29) is 12.5 Å². The van der Waals surface area contributed by atoms with Gasteiger partial charge >= 0.3 is 5.97 Å². The number of rotatable bonds is 7. The minimum Gasteiger partial charge on any atom is -0.452 e. The summed E-state index contributed by atoms with van der Waals surface area (Å²) in [6.07, 6.45) is 4.96. The molecule has 0 fully saturated rings. The maximum absolute atomic E-state index is 12.3. The van der Waals surface area contributed by atoms with Gasteiger partial charge in [-0.3, -0.25) is 0 Å². The molecule has 0 aliphatic carbocycles. The van der Waals surface area contributed by atoms with Crippen molar-refractivity contribution < 1.29 is 13.9 Å². The van der Waals surface area contributed by atoms with Crippen molar-refractivity contribution in [3.8, 4) is 27.7 Å². The van der Waals surface area contributed by atoms with Crippen molar-refractivity contribution in [2.75, 3.05) is 0 Å². The molecule has 3 heterocycles. The molecule has 0 spiro atoms. The van der Waals surface area contributed by atoms with Gasteiger partial charge in [0, 0.05) is 23.4 Å². The maximum Gasteiger partial charge on any atom is 0.331 e. The van der Waals surface area contributed by atoms with Crippen molar-refractivity contribution in [3.63, 3.8) is 0 Å². The van der Waals surface area contributed by atoms with Crippen LogP contribution in [0.25, 0.3) is 33.8 Å². The molecule has 0 saturated heterocycles. The fourth-order valence-corrected chi connectivity index (χ4v) is 3.91. The molecule has 7 nitrogen and oxygen atoms in total. The normalized spacial score (nSPS) is 11.2. The molecule has 8 heteroatoms. The Balaban J connectivity index is 1.29. The van der Waals surface area contributed by atoms with Crippen LogP contribution in [0.1, 0.15) is 11.5 Å². The van der Waals surface area contributed by atoms with Crippen LogP contribution >= 0.6 is 11.3 Å². The van der Waals surface area contributed by atoms with Gasteiger partial charge in [-0.15, -0.1) is 21.5 Å². The quantitative estimate of drug-likeness (QED) is 0.242. The van der Waals surface area contributed by atoms with Gasteiger partial charge in [0.25, 0.3) is 5.89 Å². The first-order valence-electron chi connectivity index (χ1n) is 10.2. The SMILES string of the molecule is O=C(/C=C/c1cn(-c2ccccc2)nc1-c1cccs1)OCc1nnc(-c2ccccc2)o1. The lowest BCUT2D eigenvalue weighted by Gasteiger charge is -1.99. The molecule has 0 N–H and O–H groups in total. The van der Waals surface area contributed by atoms with Crippen LogP contribution < -0.4 is 0 Å². The van der Waals surface area contributed by atoms with Crippen molar-refractivity contribution in [2.24, 2.45) is 0 Å². The summed E-state index contributed by atoms with van der Waals surface area (Å²) in [6, 6.07) is 23.2. The summed E-state index contributed by atoms with van der Waals surface area (Å²) < 4.78 is 12.6. The maximum atomic E-state index is 12.3. The highest BCUT2D eigenvalue weighted by atomic mass is 32.1. The van der Waals surface area contributed by atoms with Crippen LogP contribution in [0.4, 0.5) is 0 Å². The Labute approximate surface area is 193 Å². The molecule has 0 atom stereocenters. The van der Waals surface area contributed by atoms with Crippen molar-refractivity contribution in [1.82, 2.24) is 20.0 Å². The highest BCUT2D eigenvalue weighted by Crippen LogP contribution is 2.28. The van der Waals surface area contributed by atoms with Gasteiger partial charge < -0.3 is 9.15 Å². The number of para-hydroxylation sites is 1. The Bertz CT molecular complexity index is 1370. The third kappa shape index (κ3) is 4.81. The molecule has 0 aliphatic rings. The van der Waals surface area contributed by atoms with Gasteiger partial charge in [0.05, 0.1) is 10.6 Å². The fourth-order valence-electron chi connectivity index (χ4n) is 3.18. The molecule has 0 aliphatic heterocycles.